The van der Waals surface area contributed by atoms with Crippen LogP contribution in [-0.2, 0) is 6.54 Å². The lowest BCUT2D eigenvalue weighted by Gasteiger charge is -2.10. The summed E-state index contributed by atoms with van der Waals surface area (Å²) in [5, 5.41) is 17.0. The van der Waals surface area contributed by atoms with Crippen molar-refractivity contribution in [1.29, 1.82) is 5.26 Å². The second kappa shape index (κ2) is 6.35. The van der Waals surface area contributed by atoms with Crippen LogP contribution in [0.1, 0.15) is 6.42 Å². The minimum atomic E-state index is 0.367. The summed E-state index contributed by atoms with van der Waals surface area (Å²) in [5.41, 5.74) is 5.71. The van der Waals surface area contributed by atoms with Crippen molar-refractivity contribution < 1.29 is 0 Å². The van der Waals surface area contributed by atoms with Crippen LogP contribution in [0.15, 0.2) is 5.16 Å². The van der Waals surface area contributed by atoms with E-state index in [4.69, 9.17) is 11.0 Å². The largest absolute Gasteiger partial charge is 0.368 e. The summed E-state index contributed by atoms with van der Waals surface area (Å²) < 4.78 is 1.85. The van der Waals surface area contributed by atoms with Crippen LogP contribution >= 0.6 is 11.8 Å². The highest BCUT2D eigenvalue weighted by Crippen LogP contribution is 2.17. The van der Waals surface area contributed by atoms with Gasteiger partial charge in [0.2, 0.25) is 5.95 Å². The SMILES string of the molecule is CN(C)CCCn1c(N)nnc1SCC#N. The minimum Gasteiger partial charge on any atom is -0.368 e. The Balaban J connectivity index is 2.56. The van der Waals surface area contributed by atoms with E-state index in [1.807, 2.05) is 18.7 Å². The Hall–Kier alpha value is -1.26. The molecular formula is C9H16N6S. The summed E-state index contributed by atoms with van der Waals surface area (Å²) in [4.78, 5) is 2.11. The summed E-state index contributed by atoms with van der Waals surface area (Å²) in [6.45, 7) is 1.77. The third-order valence-corrected chi connectivity index (χ3v) is 2.83. The van der Waals surface area contributed by atoms with Crippen molar-refractivity contribution in [2.75, 3.05) is 32.1 Å². The quantitative estimate of drug-likeness (QED) is 0.726. The van der Waals surface area contributed by atoms with Crippen molar-refractivity contribution >= 4 is 17.7 Å². The minimum absolute atomic E-state index is 0.367. The topological polar surface area (TPSA) is 83.8 Å². The van der Waals surface area contributed by atoms with E-state index in [1.54, 1.807) is 0 Å². The first-order chi connectivity index (χ1) is 7.65. The second-order valence-electron chi connectivity index (χ2n) is 3.60. The van der Waals surface area contributed by atoms with Gasteiger partial charge in [0, 0.05) is 6.54 Å². The predicted molar refractivity (Wildman–Crippen MR) is 63.9 cm³/mol. The van der Waals surface area contributed by atoms with Gasteiger partial charge in [-0.3, -0.25) is 4.57 Å². The fourth-order valence-electron chi connectivity index (χ4n) is 1.26. The molecule has 1 heterocycles. The molecule has 0 unspecified atom stereocenters. The van der Waals surface area contributed by atoms with Crippen LogP contribution in [0.3, 0.4) is 0 Å². The molecule has 1 aromatic rings. The maximum absolute atomic E-state index is 8.51. The van der Waals surface area contributed by atoms with Crippen LogP contribution in [0, 0.1) is 11.3 Å². The van der Waals surface area contributed by atoms with E-state index in [0.717, 1.165) is 24.7 Å². The number of rotatable bonds is 6. The maximum Gasteiger partial charge on any atom is 0.222 e. The molecule has 0 spiro atoms. The number of hydrogen-bond acceptors (Lipinski definition) is 6. The molecule has 2 N–H and O–H groups in total. The van der Waals surface area contributed by atoms with Gasteiger partial charge in [-0.25, -0.2) is 0 Å². The first-order valence-corrected chi connectivity index (χ1v) is 5.97. The summed E-state index contributed by atoms with van der Waals surface area (Å²) in [5.74, 6) is 0.783. The average Bonchev–Trinajstić information content (AvgIpc) is 2.57. The summed E-state index contributed by atoms with van der Waals surface area (Å²) >= 11 is 1.36. The summed E-state index contributed by atoms with van der Waals surface area (Å²) in [6.07, 6.45) is 0.982. The van der Waals surface area contributed by atoms with Gasteiger partial charge in [-0.1, -0.05) is 11.8 Å². The van der Waals surface area contributed by atoms with E-state index in [-0.39, 0.29) is 0 Å². The van der Waals surface area contributed by atoms with Crippen molar-refractivity contribution in [2.45, 2.75) is 18.1 Å². The number of aromatic nitrogens is 3. The van der Waals surface area contributed by atoms with Crippen molar-refractivity contribution in [3.8, 4) is 6.07 Å². The average molecular weight is 240 g/mol. The zero-order valence-corrected chi connectivity index (χ0v) is 10.4. The Morgan fingerprint density at radius 1 is 1.50 bits per heavy atom. The molecule has 0 saturated heterocycles. The number of nitriles is 1. The fourth-order valence-corrected chi connectivity index (χ4v) is 1.89. The molecule has 6 nitrogen and oxygen atoms in total. The number of nitrogen functional groups attached to an aromatic ring is 1. The third-order valence-electron chi connectivity index (χ3n) is 2.00. The molecule has 0 fully saturated rings. The molecule has 1 rings (SSSR count). The lowest BCUT2D eigenvalue weighted by molar-refractivity contribution is 0.383. The van der Waals surface area contributed by atoms with E-state index in [1.165, 1.54) is 11.8 Å². The molecule has 0 aliphatic rings. The molecule has 7 heteroatoms. The Kier molecular flexibility index (Phi) is 5.08. The Morgan fingerprint density at radius 2 is 2.25 bits per heavy atom. The highest BCUT2D eigenvalue weighted by Gasteiger charge is 2.09. The Labute approximate surface area is 99.4 Å². The van der Waals surface area contributed by atoms with Gasteiger partial charge in [0.15, 0.2) is 5.16 Å². The molecule has 0 radical (unpaired) electrons. The van der Waals surface area contributed by atoms with Crippen LogP contribution in [0.2, 0.25) is 0 Å². The number of nitrogens with zero attached hydrogens (tertiary/aromatic N) is 5. The summed E-state index contributed by atoms with van der Waals surface area (Å²) in [7, 11) is 4.06. The molecular weight excluding hydrogens is 224 g/mol. The predicted octanol–water partition coefficient (Wildman–Crippen LogP) is 0.428. The van der Waals surface area contributed by atoms with E-state index in [0.29, 0.717) is 11.7 Å². The molecule has 0 atom stereocenters. The van der Waals surface area contributed by atoms with Crippen molar-refractivity contribution in [3.05, 3.63) is 0 Å². The highest BCUT2D eigenvalue weighted by atomic mass is 32.2. The van der Waals surface area contributed by atoms with Crippen LogP contribution in [0.4, 0.5) is 5.95 Å². The van der Waals surface area contributed by atoms with Gasteiger partial charge >= 0.3 is 0 Å². The van der Waals surface area contributed by atoms with Gasteiger partial charge in [0.05, 0.1) is 11.8 Å². The van der Waals surface area contributed by atoms with Crippen LogP contribution in [0.25, 0.3) is 0 Å². The van der Waals surface area contributed by atoms with Crippen molar-refractivity contribution in [1.82, 2.24) is 19.7 Å². The van der Waals surface area contributed by atoms with Crippen LogP contribution in [-0.4, -0.2) is 46.1 Å². The van der Waals surface area contributed by atoms with Crippen LogP contribution in [0.5, 0.6) is 0 Å². The standard InChI is InChI=1S/C9H16N6S/c1-14(2)5-3-6-15-8(11)12-13-9(15)16-7-4-10/h3,5-7H2,1-2H3,(H2,11,12). The van der Waals surface area contributed by atoms with Gasteiger partial charge in [0.25, 0.3) is 0 Å². The third kappa shape index (κ3) is 3.72. The lowest BCUT2D eigenvalue weighted by atomic mass is 10.4. The molecule has 1 aromatic heterocycles. The second-order valence-corrected chi connectivity index (χ2v) is 4.54. The first-order valence-electron chi connectivity index (χ1n) is 4.98. The lowest BCUT2D eigenvalue weighted by Crippen LogP contribution is -2.16. The first kappa shape index (κ1) is 12.8. The maximum atomic E-state index is 8.51. The fraction of sp³-hybridized carbons (Fsp3) is 0.667. The molecule has 0 aliphatic carbocycles. The van der Waals surface area contributed by atoms with Gasteiger partial charge in [0.1, 0.15) is 0 Å². The monoisotopic (exact) mass is 240 g/mol. The zero-order valence-electron chi connectivity index (χ0n) is 9.55. The Morgan fingerprint density at radius 3 is 2.88 bits per heavy atom. The smallest absolute Gasteiger partial charge is 0.222 e. The van der Waals surface area contributed by atoms with E-state index < -0.39 is 0 Å². The van der Waals surface area contributed by atoms with E-state index in [9.17, 15) is 0 Å². The van der Waals surface area contributed by atoms with Crippen molar-refractivity contribution in [2.24, 2.45) is 0 Å². The molecule has 16 heavy (non-hydrogen) atoms. The van der Waals surface area contributed by atoms with E-state index in [2.05, 4.69) is 21.2 Å². The summed E-state index contributed by atoms with van der Waals surface area (Å²) in [6, 6.07) is 2.06. The van der Waals surface area contributed by atoms with E-state index >= 15 is 0 Å². The Bertz CT molecular complexity index is 367. The van der Waals surface area contributed by atoms with Crippen molar-refractivity contribution in [3.63, 3.8) is 0 Å². The normalized spacial score (nSPS) is 10.6. The molecule has 0 saturated carbocycles. The molecule has 88 valence electrons. The number of nitrogens with two attached hydrogens (primary N) is 1. The molecule has 0 aromatic carbocycles. The number of anilines is 1. The van der Waals surface area contributed by atoms with Gasteiger partial charge < -0.3 is 10.6 Å². The zero-order chi connectivity index (χ0) is 12.0. The van der Waals surface area contributed by atoms with Gasteiger partial charge in [-0.05, 0) is 27.1 Å². The van der Waals surface area contributed by atoms with Gasteiger partial charge in [-0.15, -0.1) is 10.2 Å². The van der Waals surface area contributed by atoms with Crippen LogP contribution < -0.4 is 5.73 Å². The molecule has 0 amide bonds. The highest BCUT2D eigenvalue weighted by molar-refractivity contribution is 7.99. The van der Waals surface area contributed by atoms with Gasteiger partial charge in [-0.2, -0.15) is 5.26 Å². The molecule has 0 bridgehead atoms. The number of hydrogen-bond donors (Lipinski definition) is 1. The number of thioether (sulfide) groups is 1. The molecule has 0 aliphatic heterocycles.